The van der Waals surface area contributed by atoms with E-state index in [1.807, 2.05) is 22.8 Å². The van der Waals surface area contributed by atoms with Crippen LogP contribution >= 0.6 is 0 Å². The Morgan fingerprint density at radius 2 is 2.26 bits per heavy atom. The fourth-order valence-corrected chi connectivity index (χ4v) is 2.87. The molecule has 2 atom stereocenters. The van der Waals surface area contributed by atoms with Crippen molar-refractivity contribution in [3.8, 4) is 0 Å². The Labute approximate surface area is 112 Å². The molecule has 2 fully saturated rings. The molecule has 0 bridgehead atoms. The molecule has 19 heavy (non-hydrogen) atoms. The van der Waals surface area contributed by atoms with Gasteiger partial charge in [0.15, 0.2) is 5.65 Å². The Balaban J connectivity index is 1.57. The van der Waals surface area contributed by atoms with Gasteiger partial charge in [0, 0.05) is 12.8 Å². The van der Waals surface area contributed by atoms with Crippen molar-refractivity contribution in [1.82, 2.24) is 14.6 Å². The van der Waals surface area contributed by atoms with Crippen LogP contribution in [0.3, 0.4) is 0 Å². The molecule has 5 nitrogen and oxygen atoms in total. The zero-order chi connectivity index (χ0) is 12.8. The van der Waals surface area contributed by atoms with Crippen molar-refractivity contribution in [2.24, 2.45) is 5.92 Å². The zero-order valence-corrected chi connectivity index (χ0v) is 11.0. The lowest BCUT2D eigenvalue weighted by atomic mass is 10.1. The van der Waals surface area contributed by atoms with Crippen molar-refractivity contribution in [3.05, 3.63) is 23.9 Å². The molecule has 0 spiro atoms. The lowest BCUT2D eigenvalue weighted by Crippen LogP contribution is -2.31. The molecule has 1 saturated heterocycles. The molecule has 2 aliphatic rings. The summed E-state index contributed by atoms with van der Waals surface area (Å²) < 4.78 is 7.65. The maximum atomic E-state index is 5.83. The van der Waals surface area contributed by atoms with E-state index in [1.54, 1.807) is 0 Å². The van der Waals surface area contributed by atoms with Crippen LogP contribution in [0, 0.1) is 12.8 Å². The number of rotatable bonds is 3. The first-order valence-electron chi connectivity index (χ1n) is 7.01. The largest absolute Gasteiger partial charge is 0.376 e. The van der Waals surface area contributed by atoms with Crippen LogP contribution in [0.25, 0.3) is 5.65 Å². The van der Waals surface area contributed by atoms with Gasteiger partial charge in [-0.15, -0.1) is 5.10 Å². The standard InChI is InChI=1S/C14H18N4O/c1-9-4-6-18-12(8-9)16-14(17-18)15-11-5-7-19-13(11)10-2-3-10/h4,6,8,10-11,13H,2-3,5,7H2,1H3,(H,15,17). The summed E-state index contributed by atoms with van der Waals surface area (Å²) in [5, 5.41) is 7.92. The van der Waals surface area contributed by atoms with Gasteiger partial charge >= 0.3 is 0 Å². The summed E-state index contributed by atoms with van der Waals surface area (Å²) >= 11 is 0. The topological polar surface area (TPSA) is 51.5 Å². The molecule has 1 N–H and O–H groups in total. The normalized spacial score (nSPS) is 27.0. The van der Waals surface area contributed by atoms with E-state index < -0.39 is 0 Å². The summed E-state index contributed by atoms with van der Waals surface area (Å²) in [6, 6.07) is 4.45. The van der Waals surface area contributed by atoms with Gasteiger partial charge in [0.2, 0.25) is 5.95 Å². The predicted molar refractivity (Wildman–Crippen MR) is 72.2 cm³/mol. The molecule has 5 heteroatoms. The van der Waals surface area contributed by atoms with Crippen LogP contribution in [0.1, 0.15) is 24.8 Å². The maximum Gasteiger partial charge on any atom is 0.243 e. The van der Waals surface area contributed by atoms with E-state index in [1.165, 1.54) is 18.4 Å². The highest BCUT2D eigenvalue weighted by molar-refractivity contribution is 5.45. The summed E-state index contributed by atoms with van der Waals surface area (Å²) in [5.74, 6) is 1.46. The summed E-state index contributed by atoms with van der Waals surface area (Å²) in [6.45, 7) is 2.92. The SMILES string of the molecule is Cc1ccn2nc(NC3CCOC3C3CC3)nc2c1. The van der Waals surface area contributed by atoms with Gasteiger partial charge in [-0.3, -0.25) is 0 Å². The number of pyridine rings is 1. The first-order chi connectivity index (χ1) is 9.29. The van der Waals surface area contributed by atoms with Crippen LogP contribution in [-0.2, 0) is 4.74 Å². The summed E-state index contributed by atoms with van der Waals surface area (Å²) in [6.07, 6.45) is 5.97. The molecule has 1 aliphatic heterocycles. The Bertz CT molecular complexity index is 605. The van der Waals surface area contributed by atoms with Crippen LogP contribution in [-0.4, -0.2) is 33.4 Å². The van der Waals surface area contributed by atoms with Crippen LogP contribution in [0.5, 0.6) is 0 Å². The lowest BCUT2D eigenvalue weighted by Gasteiger charge is -2.18. The number of nitrogens with one attached hydrogen (secondary N) is 1. The second-order valence-corrected chi connectivity index (χ2v) is 5.65. The average Bonchev–Trinajstić information content (AvgIpc) is 3.00. The fourth-order valence-electron chi connectivity index (χ4n) is 2.87. The first-order valence-corrected chi connectivity index (χ1v) is 7.01. The van der Waals surface area contributed by atoms with Crippen LogP contribution < -0.4 is 5.32 Å². The van der Waals surface area contributed by atoms with Gasteiger partial charge in [0.05, 0.1) is 12.1 Å². The Morgan fingerprint density at radius 3 is 3.11 bits per heavy atom. The van der Waals surface area contributed by atoms with Gasteiger partial charge in [-0.05, 0) is 49.8 Å². The molecule has 100 valence electrons. The Hall–Kier alpha value is -1.62. The summed E-state index contributed by atoms with van der Waals surface area (Å²) in [5.41, 5.74) is 2.09. The second kappa shape index (κ2) is 4.20. The number of ether oxygens (including phenoxy) is 1. The molecule has 3 heterocycles. The van der Waals surface area contributed by atoms with Gasteiger partial charge < -0.3 is 10.1 Å². The highest BCUT2D eigenvalue weighted by Crippen LogP contribution is 2.39. The van der Waals surface area contributed by atoms with Crippen molar-refractivity contribution in [2.45, 2.75) is 38.3 Å². The lowest BCUT2D eigenvalue weighted by molar-refractivity contribution is 0.0897. The average molecular weight is 258 g/mol. The predicted octanol–water partition coefficient (Wildman–Crippen LogP) is 2.02. The van der Waals surface area contributed by atoms with Crippen molar-refractivity contribution in [3.63, 3.8) is 0 Å². The minimum atomic E-state index is 0.355. The summed E-state index contributed by atoms with van der Waals surface area (Å²) in [4.78, 5) is 4.54. The number of anilines is 1. The minimum absolute atomic E-state index is 0.355. The van der Waals surface area contributed by atoms with Gasteiger partial charge in [0.1, 0.15) is 0 Å². The van der Waals surface area contributed by atoms with Crippen molar-refractivity contribution < 1.29 is 4.74 Å². The number of aryl methyl sites for hydroxylation is 1. The molecule has 1 saturated carbocycles. The molecule has 4 rings (SSSR count). The zero-order valence-electron chi connectivity index (χ0n) is 11.0. The Morgan fingerprint density at radius 1 is 1.37 bits per heavy atom. The van der Waals surface area contributed by atoms with E-state index in [9.17, 15) is 0 Å². The van der Waals surface area contributed by atoms with Crippen LogP contribution in [0.2, 0.25) is 0 Å². The second-order valence-electron chi connectivity index (χ2n) is 5.65. The highest BCUT2D eigenvalue weighted by atomic mass is 16.5. The van der Waals surface area contributed by atoms with Gasteiger partial charge in [0.25, 0.3) is 0 Å². The third-order valence-corrected chi connectivity index (χ3v) is 4.03. The monoisotopic (exact) mass is 258 g/mol. The molecule has 0 amide bonds. The van der Waals surface area contributed by atoms with E-state index in [-0.39, 0.29) is 0 Å². The molecule has 0 aromatic carbocycles. The Kier molecular flexibility index (Phi) is 2.48. The first kappa shape index (κ1) is 11.2. The number of nitrogens with zero attached hydrogens (tertiary/aromatic N) is 3. The molecule has 2 aromatic rings. The number of hydrogen-bond donors (Lipinski definition) is 1. The number of hydrogen-bond acceptors (Lipinski definition) is 4. The fraction of sp³-hybridized carbons (Fsp3) is 0.571. The summed E-state index contributed by atoms with van der Waals surface area (Å²) in [7, 11) is 0. The minimum Gasteiger partial charge on any atom is -0.376 e. The maximum absolute atomic E-state index is 5.83. The third-order valence-electron chi connectivity index (χ3n) is 4.03. The molecule has 1 aliphatic carbocycles. The van der Waals surface area contributed by atoms with Gasteiger partial charge in [-0.2, -0.15) is 4.98 Å². The van der Waals surface area contributed by atoms with Crippen LogP contribution in [0.15, 0.2) is 18.3 Å². The highest BCUT2D eigenvalue weighted by Gasteiger charge is 2.40. The molecular formula is C14H18N4O. The molecule has 2 unspecified atom stereocenters. The quantitative estimate of drug-likeness (QED) is 0.915. The smallest absolute Gasteiger partial charge is 0.243 e. The van der Waals surface area contributed by atoms with E-state index >= 15 is 0 Å². The van der Waals surface area contributed by atoms with Gasteiger partial charge in [-0.1, -0.05) is 0 Å². The molecule has 0 radical (unpaired) electrons. The van der Waals surface area contributed by atoms with Crippen molar-refractivity contribution in [2.75, 3.05) is 11.9 Å². The molecule has 2 aromatic heterocycles. The van der Waals surface area contributed by atoms with E-state index in [2.05, 4.69) is 22.3 Å². The van der Waals surface area contributed by atoms with E-state index in [4.69, 9.17) is 4.74 Å². The third kappa shape index (κ3) is 2.08. The van der Waals surface area contributed by atoms with Crippen molar-refractivity contribution >= 4 is 11.6 Å². The van der Waals surface area contributed by atoms with Gasteiger partial charge in [-0.25, -0.2) is 4.52 Å². The van der Waals surface area contributed by atoms with Crippen molar-refractivity contribution in [1.29, 1.82) is 0 Å². The van der Waals surface area contributed by atoms with Crippen LogP contribution in [0.4, 0.5) is 5.95 Å². The molecular weight excluding hydrogens is 240 g/mol. The van der Waals surface area contributed by atoms with E-state index in [0.717, 1.165) is 24.6 Å². The number of fused-ring (bicyclic) bond motifs is 1. The van der Waals surface area contributed by atoms with E-state index in [0.29, 0.717) is 18.1 Å². The number of aromatic nitrogens is 3.